The molecule has 1 aromatic heterocycles. The lowest BCUT2D eigenvalue weighted by atomic mass is 9.95. The molecule has 0 aliphatic heterocycles. The fourth-order valence-electron chi connectivity index (χ4n) is 4.47. The second-order valence-corrected chi connectivity index (χ2v) is 13.8. The predicted molar refractivity (Wildman–Crippen MR) is 114 cm³/mol. The van der Waals surface area contributed by atoms with Crippen LogP contribution in [0.5, 0.6) is 0 Å². The second-order valence-electron chi connectivity index (χ2n) is 8.76. The van der Waals surface area contributed by atoms with Crippen LogP contribution in [-0.4, -0.2) is 18.0 Å². The largest absolute Gasteiger partial charge is 0.236 e. The van der Waals surface area contributed by atoms with Crippen LogP contribution in [0.3, 0.4) is 0 Å². The first-order valence-corrected chi connectivity index (χ1v) is 13.3. The van der Waals surface area contributed by atoms with Gasteiger partial charge in [-0.05, 0) is 43.4 Å². The lowest BCUT2D eigenvalue weighted by molar-refractivity contribution is 0.724. The molecule has 1 aliphatic rings. The summed E-state index contributed by atoms with van der Waals surface area (Å²) in [5, 5.41) is 2.69. The molecular weight excluding hydrogens is 332 g/mol. The van der Waals surface area contributed by atoms with E-state index in [-0.39, 0.29) is 0 Å². The van der Waals surface area contributed by atoms with Gasteiger partial charge in [0.2, 0.25) is 0 Å². The summed E-state index contributed by atoms with van der Waals surface area (Å²) in [4.78, 5) is 9.21. The smallest absolute Gasteiger partial charge is 0.116 e. The molecule has 1 aliphatic carbocycles. The molecule has 0 N–H and O–H groups in total. The zero-order valence-corrected chi connectivity index (χ0v) is 17.3. The Morgan fingerprint density at radius 3 is 2.38 bits per heavy atom. The highest BCUT2D eigenvalue weighted by atomic mass is 28.3. The van der Waals surface area contributed by atoms with Crippen LogP contribution in [0.2, 0.25) is 19.6 Å². The van der Waals surface area contributed by atoms with Crippen molar-refractivity contribution in [2.24, 2.45) is 0 Å². The summed E-state index contributed by atoms with van der Waals surface area (Å²) in [6.07, 6.45) is 7.08. The molecule has 3 heteroatoms. The third kappa shape index (κ3) is 3.21. The summed E-state index contributed by atoms with van der Waals surface area (Å²) in [7, 11) is -1.31. The molecule has 4 rings (SSSR count). The number of rotatable bonds is 3. The van der Waals surface area contributed by atoms with E-state index in [0.717, 1.165) is 22.5 Å². The average Bonchev–Trinajstić information content (AvgIpc) is 3.14. The van der Waals surface area contributed by atoms with Crippen LogP contribution in [0.15, 0.2) is 42.7 Å². The Hall–Kier alpha value is -2.00. The van der Waals surface area contributed by atoms with Gasteiger partial charge in [-0.25, -0.2) is 9.97 Å². The van der Waals surface area contributed by atoms with Gasteiger partial charge in [-0.1, -0.05) is 67.5 Å². The minimum absolute atomic E-state index is 0.719. The van der Waals surface area contributed by atoms with Crippen LogP contribution in [0.4, 0.5) is 0 Å². The molecule has 0 spiro atoms. The van der Waals surface area contributed by atoms with Crippen molar-refractivity contribution in [1.82, 2.24) is 9.97 Å². The van der Waals surface area contributed by atoms with Crippen molar-refractivity contribution in [1.29, 1.82) is 0 Å². The van der Waals surface area contributed by atoms with Gasteiger partial charge < -0.3 is 0 Å². The van der Waals surface area contributed by atoms with E-state index in [1.807, 2.05) is 0 Å². The molecule has 0 radical (unpaired) electrons. The molecule has 1 fully saturated rings. The van der Waals surface area contributed by atoms with E-state index >= 15 is 0 Å². The number of fused-ring (bicyclic) bond motifs is 1. The molecule has 3 aromatic rings. The summed E-state index contributed by atoms with van der Waals surface area (Å²) in [6.45, 7) is 9.44. The molecule has 0 unspecified atom stereocenters. The van der Waals surface area contributed by atoms with Crippen molar-refractivity contribution >= 4 is 24.2 Å². The van der Waals surface area contributed by atoms with Crippen molar-refractivity contribution in [2.45, 2.75) is 58.2 Å². The number of aryl methyl sites for hydroxylation is 1. The van der Waals surface area contributed by atoms with Gasteiger partial charge in [-0.3, -0.25) is 0 Å². The van der Waals surface area contributed by atoms with Gasteiger partial charge >= 0.3 is 0 Å². The van der Waals surface area contributed by atoms with Crippen LogP contribution < -0.4 is 5.19 Å². The molecule has 0 amide bonds. The molecule has 0 saturated heterocycles. The third-order valence-electron chi connectivity index (χ3n) is 5.79. The van der Waals surface area contributed by atoms with E-state index < -0.39 is 8.07 Å². The van der Waals surface area contributed by atoms with E-state index in [1.54, 1.807) is 6.33 Å². The van der Waals surface area contributed by atoms with E-state index in [1.165, 1.54) is 47.6 Å². The maximum absolute atomic E-state index is 4.64. The molecule has 1 saturated carbocycles. The Morgan fingerprint density at radius 2 is 1.69 bits per heavy atom. The van der Waals surface area contributed by atoms with Crippen molar-refractivity contribution in [3.63, 3.8) is 0 Å². The zero-order valence-electron chi connectivity index (χ0n) is 16.3. The molecule has 26 heavy (non-hydrogen) atoms. The first kappa shape index (κ1) is 17.4. The standard InChI is InChI=1S/C23H28N2Si/c1-16-13-19(10-12-22(16)26(2,3)4)23-20-11-9-18(17-7-5-6-8-17)14-21(20)24-15-25-23/h9-15,17H,5-8H2,1-4H3. The average molecular weight is 361 g/mol. The Kier molecular flexibility index (Phi) is 4.43. The summed E-state index contributed by atoms with van der Waals surface area (Å²) in [5.41, 5.74) is 6.16. The highest BCUT2D eigenvalue weighted by molar-refractivity contribution is 6.89. The maximum Gasteiger partial charge on any atom is 0.116 e. The van der Waals surface area contributed by atoms with Crippen LogP contribution in [0.25, 0.3) is 22.2 Å². The quantitative estimate of drug-likeness (QED) is 0.551. The Bertz CT molecular complexity index is 950. The lowest BCUT2D eigenvalue weighted by Gasteiger charge is -2.20. The highest BCUT2D eigenvalue weighted by Gasteiger charge is 2.20. The van der Waals surface area contributed by atoms with Crippen molar-refractivity contribution < 1.29 is 0 Å². The zero-order chi connectivity index (χ0) is 18.3. The molecular formula is C23H28N2Si. The number of nitrogens with zero attached hydrogens (tertiary/aromatic N) is 2. The number of benzene rings is 2. The molecule has 2 nitrogen and oxygen atoms in total. The molecule has 0 atom stereocenters. The van der Waals surface area contributed by atoms with E-state index in [2.05, 4.69) is 72.9 Å². The lowest BCUT2D eigenvalue weighted by Crippen LogP contribution is -2.39. The summed E-state index contributed by atoms with van der Waals surface area (Å²) >= 11 is 0. The topological polar surface area (TPSA) is 25.8 Å². The van der Waals surface area contributed by atoms with Crippen molar-refractivity contribution in [2.75, 3.05) is 0 Å². The second kappa shape index (κ2) is 6.62. The van der Waals surface area contributed by atoms with Crippen molar-refractivity contribution in [3.8, 4) is 11.3 Å². The molecule has 134 valence electrons. The van der Waals surface area contributed by atoms with Gasteiger partial charge in [0.15, 0.2) is 0 Å². The molecule has 0 bridgehead atoms. The fraction of sp³-hybridized carbons (Fsp3) is 0.391. The minimum atomic E-state index is -1.31. The maximum atomic E-state index is 4.64. The van der Waals surface area contributed by atoms with Crippen molar-refractivity contribution in [3.05, 3.63) is 53.9 Å². The number of aromatic nitrogens is 2. The van der Waals surface area contributed by atoms with E-state index in [9.17, 15) is 0 Å². The van der Waals surface area contributed by atoms with E-state index in [0.29, 0.717) is 0 Å². The fourth-order valence-corrected chi connectivity index (χ4v) is 6.31. The van der Waals surface area contributed by atoms with Gasteiger partial charge in [0.1, 0.15) is 6.33 Å². The Morgan fingerprint density at radius 1 is 0.923 bits per heavy atom. The predicted octanol–water partition coefficient (Wildman–Crippen LogP) is 5.81. The number of hydrogen-bond donors (Lipinski definition) is 0. The summed E-state index contributed by atoms with van der Waals surface area (Å²) < 4.78 is 0. The summed E-state index contributed by atoms with van der Waals surface area (Å²) in [5.74, 6) is 0.719. The molecule has 1 heterocycles. The normalized spacial score (nSPS) is 15.7. The third-order valence-corrected chi connectivity index (χ3v) is 7.97. The van der Waals surface area contributed by atoms with Gasteiger partial charge in [0.05, 0.1) is 19.3 Å². The first-order valence-electron chi connectivity index (χ1n) is 9.79. The van der Waals surface area contributed by atoms with Crippen LogP contribution >= 0.6 is 0 Å². The van der Waals surface area contributed by atoms with E-state index in [4.69, 9.17) is 0 Å². The number of hydrogen-bond acceptors (Lipinski definition) is 2. The van der Waals surface area contributed by atoms with Gasteiger partial charge in [-0.15, -0.1) is 0 Å². The van der Waals surface area contributed by atoms with Crippen LogP contribution in [0, 0.1) is 6.92 Å². The first-order chi connectivity index (χ1) is 12.4. The monoisotopic (exact) mass is 360 g/mol. The van der Waals surface area contributed by atoms with Gasteiger partial charge in [0, 0.05) is 10.9 Å². The van der Waals surface area contributed by atoms with Crippen LogP contribution in [-0.2, 0) is 0 Å². The SMILES string of the molecule is Cc1cc(-c2ncnc3cc(C4CCCC4)ccc23)ccc1[Si](C)(C)C. The van der Waals surface area contributed by atoms with Crippen LogP contribution in [0.1, 0.15) is 42.7 Å². The van der Waals surface area contributed by atoms with Gasteiger partial charge in [0.25, 0.3) is 0 Å². The molecule has 2 aromatic carbocycles. The minimum Gasteiger partial charge on any atom is -0.236 e. The Labute approximate surface area is 157 Å². The van der Waals surface area contributed by atoms with Gasteiger partial charge in [-0.2, -0.15) is 0 Å². The Balaban J connectivity index is 1.78. The summed E-state index contributed by atoms with van der Waals surface area (Å²) in [6, 6.07) is 13.7. The highest BCUT2D eigenvalue weighted by Crippen LogP contribution is 2.36.